The molecule has 22 heavy (non-hydrogen) atoms. The lowest BCUT2D eigenvalue weighted by atomic mass is 10.1. The number of hydrogen-bond acceptors (Lipinski definition) is 7. The fourth-order valence-electron chi connectivity index (χ4n) is 1.34. The zero-order chi connectivity index (χ0) is 16.6. The van der Waals surface area contributed by atoms with E-state index in [1.165, 1.54) is 24.3 Å². The summed E-state index contributed by atoms with van der Waals surface area (Å²) in [7, 11) is -4.59. The number of esters is 2. The van der Waals surface area contributed by atoms with Crippen LogP contribution in [0.3, 0.4) is 0 Å². The van der Waals surface area contributed by atoms with Crippen LogP contribution in [0.5, 0.6) is 0 Å². The highest BCUT2D eigenvalue weighted by Crippen LogP contribution is 2.35. The first-order valence-corrected chi connectivity index (χ1v) is 7.62. The van der Waals surface area contributed by atoms with E-state index in [9.17, 15) is 14.2 Å². The van der Waals surface area contributed by atoms with E-state index < -0.39 is 26.4 Å². The minimum atomic E-state index is -4.59. The molecule has 0 saturated carbocycles. The highest BCUT2D eigenvalue weighted by Gasteiger charge is 2.14. The van der Waals surface area contributed by atoms with Gasteiger partial charge in [0.05, 0.1) is 24.3 Å². The van der Waals surface area contributed by atoms with E-state index in [1.54, 1.807) is 0 Å². The van der Waals surface area contributed by atoms with E-state index >= 15 is 0 Å². The van der Waals surface area contributed by atoms with E-state index in [1.807, 2.05) is 0 Å². The largest absolute Gasteiger partial charge is 0.469 e. The van der Waals surface area contributed by atoms with Crippen LogP contribution in [0.25, 0.3) is 0 Å². The van der Waals surface area contributed by atoms with Gasteiger partial charge in [-0.2, -0.15) is 0 Å². The second-order valence-electron chi connectivity index (χ2n) is 3.90. The summed E-state index contributed by atoms with van der Waals surface area (Å²) in [5.41, 5.74) is 0.352. The molecule has 0 amide bonds. The van der Waals surface area contributed by atoms with Crippen molar-refractivity contribution in [2.45, 2.75) is 0 Å². The monoisotopic (exact) mass is 334 g/mol. The molecule has 0 saturated heterocycles. The number of carbonyl (C=O) groups is 2. The van der Waals surface area contributed by atoms with E-state index in [0.29, 0.717) is 0 Å². The summed E-state index contributed by atoms with van der Waals surface area (Å²) >= 11 is 0. The van der Waals surface area contributed by atoms with Crippen molar-refractivity contribution in [3.63, 3.8) is 0 Å². The van der Waals surface area contributed by atoms with Crippen molar-refractivity contribution in [1.29, 1.82) is 0 Å². The number of phosphoric ester groups is 1. The standard InChI is InChI=1S/C12H15O9P/c13-5-6-19-11(14)9-1-3-10(4-2-9)12(15)20-7-8-21-22(16,17)18/h1-4,13H,5-8H2,(H2,16,17,18). The van der Waals surface area contributed by atoms with Gasteiger partial charge in [-0.05, 0) is 24.3 Å². The van der Waals surface area contributed by atoms with Gasteiger partial charge < -0.3 is 24.4 Å². The molecule has 1 rings (SSSR count). The molecular formula is C12H15O9P. The first-order chi connectivity index (χ1) is 10.3. The summed E-state index contributed by atoms with van der Waals surface area (Å²) in [6.45, 7) is -1.18. The molecule has 1 aromatic rings. The molecule has 3 N–H and O–H groups in total. The molecular weight excluding hydrogens is 319 g/mol. The number of phosphoric acid groups is 1. The van der Waals surface area contributed by atoms with Crippen molar-refractivity contribution in [3.8, 4) is 0 Å². The van der Waals surface area contributed by atoms with Gasteiger partial charge in [0, 0.05) is 0 Å². The molecule has 122 valence electrons. The van der Waals surface area contributed by atoms with Crippen molar-refractivity contribution in [2.24, 2.45) is 0 Å². The Bertz CT molecular complexity index is 548. The summed E-state index contributed by atoms with van der Waals surface area (Å²) in [6, 6.07) is 5.37. The maximum Gasteiger partial charge on any atom is 0.469 e. The van der Waals surface area contributed by atoms with Crippen molar-refractivity contribution in [1.82, 2.24) is 0 Å². The summed E-state index contributed by atoms with van der Waals surface area (Å²) in [5.74, 6) is -1.37. The maximum atomic E-state index is 11.6. The van der Waals surface area contributed by atoms with Crippen molar-refractivity contribution < 1.29 is 43.0 Å². The van der Waals surface area contributed by atoms with Crippen LogP contribution < -0.4 is 0 Å². The first-order valence-electron chi connectivity index (χ1n) is 6.09. The molecule has 0 aliphatic rings. The first kappa shape index (κ1) is 18.3. The van der Waals surface area contributed by atoms with E-state index in [0.717, 1.165) is 0 Å². The van der Waals surface area contributed by atoms with Crippen LogP contribution in [0.4, 0.5) is 0 Å². The molecule has 0 aromatic heterocycles. The molecule has 0 atom stereocenters. The average molecular weight is 334 g/mol. The molecule has 10 heteroatoms. The number of carbonyl (C=O) groups excluding carboxylic acids is 2. The Labute approximate surface area is 125 Å². The fourth-order valence-corrected chi connectivity index (χ4v) is 1.65. The lowest BCUT2D eigenvalue weighted by Crippen LogP contribution is -2.11. The minimum Gasteiger partial charge on any atom is -0.460 e. The van der Waals surface area contributed by atoms with Gasteiger partial charge in [-0.3, -0.25) is 4.52 Å². The number of aliphatic hydroxyl groups excluding tert-OH is 1. The summed E-state index contributed by atoms with van der Waals surface area (Å²) in [4.78, 5) is 39.9. The van der Waals surface area contributed by atoms with Crippen LogP contribution >= 0.6 is 7.82 Å². The molecule has 0 bridgehead atoms. The third-order valence-electron chi connectivity index (χ3n) is 2.26. The highest BCUT2D eigenvalue weighted by atomic mass is 31.2. The van der Waals surface area contributed by atoms with Crippen molar-refractivity contribution in [2.75, 3.05) is 26.4 Å². The van der Waals surface area contributed by atoms with Gasteiger partial charge in [0.2, 0.25) is 0 Å². The highest BCUT2D eigenvalue weighted by molar-refractivity contribution is 7.46. The summed E-state index contributed by atoms with van der Waals surface area (Å²) < 4.78 is 23.9. The Hall–Kier alpha value is -1.77. The normalized spacial score (nSPS) is 11.0. The molecule has 0 radical (unpaired) electrons. The van der Waals surface area contributed by atoms with Gasteiger partial charge >= 0.3 is 19.8 Å². The molecule has 0 aliphatic heterocycles. The van der Waals surface area contributed by atoms with Crippen LogP contribution in [0, 0.1) is 0 Å². The quantitative estimate of drug-likeness (QED) is 0.343. The maximum absolute atomic E-state index is 11.6. The predicted octanol–water partition coefficient (Wildman–Crippen LogP) is 0.102. The van der Waals surface area contributed by atoms with Gasteiger partial charge in [0.1, 0.15) is 13.2 Å². The van der Waals surface area contributed by atoms with E-state index in [4.69, 9.17) is 24.4 Å². The van der Waals surface area contributed by atoms with Crippen molar-refractivity contribution in [3.05, 3.63) is 35.4 Å². The molecule has 0 heterocycles. The number of aliphatic hydroxyl groups is 1. The molecule has 9 nitrogen and oxygen atoms in total. The van der Waals surface area contributed by atoms with Gasteiger partial charge in [0.25, 0.3) is 0 Å². The minimum absolute atomic E-state index is 0.123. The fraction of sp³-hybridized carbons (Fsp3) is 0.333. The lowest BCUT2D eigenvalue weighted by Gasteiger charge is -2.07. The topological polar surface area (TPSA) is 140 Å². The van der Waals surface area contributed by atoms with Gasteiger partial charge in [-0.15, -0.1) is 0 Å². The smallest absolute Gasteiger partial charge is 0.460 e. The molecule has 1 aromatic carbocycles. The Morgan fingerprint density at radius 3 is 1.77 bits per heavy atom. The zero-order valence-corrected chi connectivity index (χ0v) is 12.3. The Balaban J connectivity index is 2.47. The van der Waals surface area contributed by atoms with Crippen LogP contribution in [0.2, 0.25) is 0 Å². The van der Waals surface area contributed by atoms with Crippen LogP contribution in [0.15, 0.2) is 24.3 Å². The molecule has 0 fully saturated rings. The number of rotatable bonds is 8. The lowest BCUT2D eigenvalue weighted by molar-refractivity contribution is 0.0418. The molecule has 0 unspecified atom stereocenters. The third kappa shape index (κ3) is 6.79. The summed E-state index contributed by atoms with van der Waals surface area (Å²) in [6.07, 6.45) is 0. The van der Waals surface area contributed by atoms with Crippen LogP contribution in [-0.4, -0.2) is 53.3 Å². The second-order valence-corrected chi connectivity index (χ2v) is 5.14. The Morgan fingerprint density at radius 2 is 1.36 bits per heavy atom. The zero-order valence-electron chi connectivity index (χ0n) is 11.4. The van der Waals surface area contributed by atoms with Gasteiger partial charge in [-0.25, -0.2) is 14.2 Å². The van der Waals surface area contributed by atoms with Crippen LogP contribution in [0.1, 0.15) is 20.7 Å². The van der Waals surface area contributed by atoms with Crippen LogP contribution in [-0.2, 0) is 18.6 Å². The SMILES string of the molecule is O=C(OCCO)c1ccc(C(=O)OCCOP(=O)(O)O)cc1. The van der Waals surface area contributed by atoms with E-state index in [-0.39, 0.29) is 30.9 Å². The molecule has 0 spiro atoms. The predicted molar refractivity (Wildman–Crippen MR) is 72.1 cm³/mol. The van der Waals surface area contributed by atoms with Gasteiger partial charge in [0.15, 0.2) is 0 Å². The van der Waals surface area contributed by atoms with Crippen molar-refractivity contribution >= 4 is 19.8 Å². The second kappa shape index (κ2) is 8.62. The molecule has 0 aliphatic carbocycles. The number of ether oxygens (including phenoxy) is 2. The Morgan fingerprint density at radius 1 is 0.909 bits per heavy atom. The van der Waals surface area contributed by atoms with E-state index in [2.05, 4.69) is 4.52 Å². The third-order valence-corrected chi connectivity index (χ3v) is 2.78. The number of benzene rings is 1. The summed E-state index contributed by atoms with van der Waals surface area (Å²) in [5, 5.41) is 8.53. The average Bonchev–Trinajstić information content (AvgIpc) is 2.48. The Kier molecular flexibility index (Phi) is 7.16. The number of hydrogen-bond donors (Lipinski definition) is 3. The van der Waals surface area contributed by atoms with Gasteiger partial charge in [-0.1, -0.05) is 0 Å².